The molecule has 1 unspecified atom stereocenters. The number of rotatable bonds is 2. The smallest absolute Gasteiger partial charge is 0.107 e. The molecule has 1 saturated heterocycles. The Bertz CT molecular complexity index is 364. The van der Waals surface area contributed by atoms with Crippen molar-refractivity contribution in [1.29, 1.82) is 0 Å². The molecule has 1 aliphatic rings. The van der Waals surface area contributed by atoms with E-state index in [0.717, 1.165) is 31.9 Å². The molecule has 1 aromatic rings. The normalized spacial score (nSPS) is 22.9. The van der Waals surface area contributed by atoms with Crippen LogP contribution in [-0.2, 0) is 11.8 Å². The molecule has 1 fully saturated rings. The summed E-state index contributed by atoms with van der Waals surface area (Å²) >= 11 is 0. The van der Waals surface area contributed by atoms with Crippen molar-refractivity contribution in [3.8, 4) is 0 Å². The molecule has 1 aromatic heterocycles. The van der Waals surface area contributed by atoms with Crippen molar-refractivity contribution >= 4 is 0 Å². The van der Waals surface area contributed by atoms with Gasteiger partial charge in [0.15, 0.2) is 0 Å². The average molecular weight is 236 g/mol. The highest BCUT2D eigenvalue weighted by Crippen LogP contribution is 2.20. The van der Waals surface area contributed by atoms with Crippen molar-refractivity contribution in [2.24, 2.45) is 0 Å². The molecule has 2 N–H and O–H groups in total. The van der Waals surface area contributed by atoms with E-state index in [9.17, 15) is 0 Å². The number of likely N-dealkylation sites (N-methyl/N-ethyl adjacent to an activating group) is 1. The van der Waals surface area contributed by atoms with Crippen molar-refractivity contribution < 1.29 is 0 Å². The molecule has 1 aliphatic heterocycles. The van der Waals surface area contributed by atoms with E-state index in [1.54, 1.807) is 0 Å². The third kappa shape index (κ3) is 3.07. The van der Waals surface area contributed by atoms with Gasteiger partial charge in [0.05, 0.1) is 0 Å². The molecule has 1 atom stereocenters. The van der Waals surface area contributed by atoms with Crippen LogP contribution >= 0.6 is 0 Å². The average Bonchev–Trinajstić information content (AvgIpc) is 2.69. The largest absolute Gasteiger partial charge is 0.345 e. The third-order valence-corrected chi connectivity index (χ3v) is 3.51. The second-order valence-corrected chi connectivity index (χ2v) is 6.04. The lowest BCUT2D eigenvalue weighted by molar-refractivity contribution is 0.197. The Hall–Kier alpha value is -0.870. The lowest BCUT2D eigenvalue weighted by Crippen LogP contribution is -2.50. The van der Waals surface area contributed by atoms with Crippen molar-refractivity contribution in [2.75, 3.05) is 26.7 Å². The highest BCUT2D eigenvalue weighted by atomic mass is 15.2. The molecule has 2 rings (SSSR count). The van der Waals surface area contributed by atoms with Crippen molar-refractivity contribution in [2.45, 2.75) is 38.6 Å². The predicted octanol–water partition coefficient (Wildman–Crippen LogP) is 1.15. The first-order chi connectivity index (χ1) is 7.97. The van der Waals surface area contributed by atoms with E-state index in [4.69, 9.17) is 0 Å². The van der Waals surface area contributed by atoms with Gasteiger partial charge in [-0.05, 0) is 7.05 Å². The van der Waals surface area contributed by atoms with Gasteiger partial charge in [0.25, 0.3) is 0 Å². The number of imidazole rings is 1. The van der Waals surface area contributed by atoms with Crippen molar-refractivity contribution in [1.82, 2.24) is 20.2 Å². The summed E-state index contributed by atoms with van der Waals surface area (Å²) in [6.07, 6.45) is 2.98. The number of nitrogens with zero attached hydrogens (tertiary/aromatic N) is 2. The third-order valence-electron chi connectivity index (χ3n) is 3.51. The minimum absolute atomic E-state index is 0.155. The van der Waals surface area contributed by atoms with Crippen LogP contribution in [0.2, 0.25) is 0 Å². The van der Waals surface area contributed by atoms with Gasteiger partial charge in [-0.1, -0.05) is 20.8 Å². The summed E-state index contributed by atoms with van der Waals surface area (Å²) in [5, 5.41) is 3.44. The summed E-state index contributed by atoms with van der Waals surface area (Å²) in [6.45, 7) is 9.90. The summed E-state index contributed by atoms with van der Waals surface area (Å²) in [4.78, 5) is 10.4. The summed E-state index contributed by atoms with van der Waals surface area (Å²) in [5.74, 6) is 1.11. The van der Waals surface area contributed by atoms with Gasteiger partial charge in [-0.3, -0.25) is 0 Å². The second kappa shape index (κ2) is 4.78. The van der Waals surface area contributed by atoms with E-state index in [-0.39, 0.29) is 5.41 Å². The Labute approximate surface area is 104 Å². The summed E-state index contributed by atoms with van der Waals surface area (Å²) < 4.78 is 0. The zero-order chi connectivity index (χ0) is 12.5. The number of aromatic amines is 1. The predicted molar refractivity (Wildman–Crippen MR) is 70.3 cm³/mol. The first-order valence-corrected chi connectivity index (χ1v) is 6.42. The van der Waals surface area contributed by atoms with E-state index in [1.165, 1.54) is 5.69 Å². The molecule has 4 heteroatoms. The van der Waals surface area contributed by atoms with Gasteiger partial charge in [0.2, 0.25) is 0 Å². The van der Waals surface area contributed by atoms with E-state index in [2.05, 4.69) is 48.0 Å². The maximum Gasteiger partial charge on any atom is 0.107 e. The number of hydrogen-bond acceptors (Lipinski definition) is 3. The molecule has 0 aromatic carbocycles. The fraction of sp³-hybridized carbons (Fsp3) is 0.769. The van der Waals surface area contributed by atoms with E-state index < -0.39 is 0 Å². The number of hydrogen-bond donors (Lipinski definition) is 2. The summed E-state index contributed by atoms with van der Waals surface area (Å²) in [7, 11) is 2.19. The van der Waals surface area contributed by atoms with Crippen LogP contribution < -0.4 is 5.32 Å². The quantitative estimate of drug-likeness (QED) is 0.809. The number of nitrogens with one attached hydrogen (secondary N) is 2. The number of H-pyrrole nitrogens is 1. The van der Waals surface area contributed by atoms with Crippen molar-refractivity contribution in [3.63, 3.8) is 0 Å². The van der Waals surface area contributed by atoms with E-state index in [1.807, 2.05) is 6.20 Å². The molecule has 0 radical (unpaired) electrons. The molecule has 0 amide bonds. The highest BCUT2D eigenvalue weighted by molar-refractivity contribution is 5.12. The second-order valence-electron chi connectivity index (χ2n) is 6.04. The minimum Gasteiger partial charge on any atom is -0.345 e. The van der Waals surface area contributed by atoms with Crippen LogP contribution in [0.4, 0.5) is 0 Å². The lowest BCUT2D eigenvalue weighted by atomic mass is 9.93. The Kier molecular flexibility index (Phi) is 3.54. The van der Waals surface area contributed by atoms with Gasteiger partial charge in [0, 0.05) is 49.4 Å². The first kappa shape index (κ1) is 12.6. The molecule has 4 nitrogen and oxygen atoms in total. The topological polar surface area (TPSA) is 44.0 Å². The molecule has 2 heterocycles. The Morgan fingerprint density at radius 2 is 2.24 bits per heavy atom. The van der Waals surface area contributed by atoms with Crippen LogP contribution in [0.25, 0.3) is 0 Å². The molecule has 0 saturated carbocycles. The fourth-order valence-corrected chi connectivity index (χ4v) is 2.16. The first-order valence-electron chi connectivity index (χ1n) is 6.42. The van der Waals surface area contributed by atoms with Gasteiger partial charge in [0.1, 0.15) is 5.82 Å². The maximum absolute atomic E-state index is 4.50. The van der Waals surface area contributed by atoms with E-state index in [0.29, 0.717) is 6.04 Å². The zero-order valence-electron chi connectivity index (χ0n) is 11.4. The molecule has 96 valence electrons. The maximum atomic E-state index is 4.50. The Morgan fingerprint density at radius 3 is 2.82 bits per heavy atom. The van der Waals surface area contributed by atoms with Gasteiger partial charge < -0.3 is 15.2 Å². The van der Waals surface area contributed by atoms with Crippen LogP contribution in [-0.4, -0.2) is 47.6 Å². The molecule has 0 bridgehead atoms. The highest BCUT2D eigenvalue weighted by Gasteiger charge is 2.21. The SMILES string of the molecule is CN1CCNCC1Cc1ncc(C(C)(C)C)[nH]1. The fourth-order valence-electron chi connectivity index (χ4n) is 2.16. The molecule has 0 spiro atoms. The molecule has 17 heavy (non-hydrogen) atoms. The molecular weight excluding hydrogens is 212 g/mol. The summed E-state index contributed by atoms with van der Waals surface area (Å²) in [5.41, 5.74) is 1.38. The Morgan fingerprint density at radius 1 is 1.47 bits per heavy atom. The van der Waals surface area contributed by atoms with Crippen LogP contribution in [0.5, 0.6) is 0 Å². The van der Waals surface area contributed by atoms with Crippen LogP contribution in [0, 0.1) is 0 Å². The van der Waals surface area contributed by atoms with Crippen LogP contribution in [0.1, 0.15) is 32.3 Å². The standard InChI is InChI=1S/C13H24N4/c1-13(2,3)11-9-15-12(16-11)7-10-8-14-5-6-17(10)4/h9-10,14H,5-8H2,1-4H3,(H,15,16). The molecule has 0 aliphatic carbocycles. The van der Waals surface area contributed by atoms with Gasteiger partial charge >= 0.3 is 0 Å². The monoisotopic (exact) mass is 236 g/mol. The minimum atomic E-state index is 0.155. The van der Waals surface area contributed by atoms with Crippen LogP contribution in [0.3, 0.4) is 0 Å². The van der Waals surface area contributed by atoms with Gasteiger partial charge in [-0.25, -0.2) is 4.98 Å². The van der Waals surface area contributed by atoms with Gasteiger partial charge in [-0.15, -0.1) is 0 Å². The zero-order valence-corrected chi connectivity index (χ0v) is 11.4. The van der Waals surface area contributed by atoms with Crippen LogP contribution in [0.15, 0.2) is 6.20 Å². The number of aromatic nitrogens is 2. The van der Waals surface area contributed by atoms with E-state index >= 15 is 0 Å². The number of piperazine rings is 1. The van der Waals surface area contributed by atoms with Gasteiger partial charge in [-0.2, -0.15) is 0 Å². The molecular formula is C13H24N4. The van der Waals surface area contributed by atoms with Crippen molar-refractivity contribution in [3.05, 3.63) is 17.7 Å². The lowest BCUT2D eigenvalue weighted by Gasteiger charge is -2.32. The summed E-state index contributed by atoms with van der Waals surface area (Å²) in [6, 6.07) is 0.558. The Balaban J connectivity index is 2.01.